The van der Waals surface area contributed by atoms with Gasteiger partial charge >= 0.3 is 6.09 Å². The van der Waals surface area contributed by atoms with Gasteiger partial charge in [-0.1, -0.05) is 28.1 Å². The molecule has 3 aromatic rings. The largest absolute Gasteiger partial charge is 0.453 e. The van der Waals surface area contributed by atoms with Gasteiger partial charge in [0.05, 0.1) is 30.4 Å². The number of nitrogens with one attached hydrogen (secondary N) is 1. The number of fused-ring (bicyclic) bond motifs is 1. The third-order valence-corrected chi connectivity index (χ3v) is 5.90. The molecule has 1 fully saturated rings. The number of hydrogen-bond donors (Lipinski definition) is 3. The molecule has 1 aliphatic heterocycles. The lowest BCUT2D eigenvalue weighted by molar-refractivity contribution is 0.0301. The molecule has 0 saturated carbocycles. The number of aromatic nitrogens is 2. The number of nitrogens with zero attached hydrogens (tertiary/aromatic N) is 5. The minimum Gasteiger partial charge on any atom is -0.453 e. The molecule has 4 rings (SSSR count). The maximum atomic E-state index is 12.9. The number of amidine groups is 1. The molecule has 11 nitrogen and oxygen atoms in total. The van der Waals surface area contributed by atoms with Gasteiger partial charge in [0.15, 0.2) is 5.84 Å². The maximum Gasteiger partial charge on any atom is 0.409 e. The molecule has 0 aliphatic carbocycles. The van der Waals surface area contributed by atoms with Crippen molar-refractivity contribution in [1.29, 1.82) is 0 Å². The second-order valence-electron chi connectivity index (χ2n) is 7.61. The van der Waals surface area contributed by atoms with Crippen LogP contribution in [-0.2, 0) is 4.74 Å². The smallest absolute Gasteiger partial charge is 0.409 e. The first-order chi connectivity index (χ1) is 15.8. The van der Waals surface area contributed by atoms with Crippen LogP contribution in [0.2, 0.25) is 0 Å². The van der Waals surface area contributed by atoms with E-state index in [-0.39, 0.29) is 17.8 Å². The molecule has 3 heterocycles. The summed E-state index contributed by atoms with van der Waals surface area (Å²) >= 11 is 3.42. The van der Waals surface area contributed by atoms with Crippen molar-refractivity contribution in [1.82, 2.24) is 19.6 Å². The molecule has 1 aliphatic rings. The van der Waals surface area contributed by atoms with E-state index in [1.165, 1.54) is 23.3 Å². The number of nitrogens with two attached hydrogens (primary N) is 2. The van der Waals surface area contributed by atoms with Crippen LogP contribution in [0.15, 0.2) is 52.3 Å². The van der Waals surface area contributed by atoms with Gasteiger partial charge < -0.3 is 20.7 Å². The summed E-state index contributed by atoms with van der Waals surface area (Å²) in [6, 6.07) is 8.88. The van der Waals surface area contributed by atoms with E-state index >= 15 is 0 Å². The monoisotopic (exact) mass is 514 g/mol. The van der Waals surface area contributed by atoms with Crippen LogP contribution in [0.5, 0.6) is 0 Å². The van der Waals surface area contributed by atoms with Crippen LogP contribution in [0, 0.1) is 6.92 Å². The fourth-order valence-corrected chi connectivity index (χ4v) is 3.74. The van der Waals surface area contributed by atoms with Gasteiger partial charge in [0, 0.05) is 35.0 Å². The van der Waals surface area contributed by atoms with Gasteiger partial charge in [0.2, 0.25) is 0 Å². The summed E-state index contributed by atoms with van der Waals surface area (Å²) < 4.78 is 7.15. The predicted octanol–water partition coefficient (Wildman–Crippen LogP) is 1.90. The lowest BCUT2D eigenvalue weighted by Crippen LogP contribution is -2.61. The van der Waals surface area contributed by atoms with E-state index < -0.39 is 6.09 Å². The third-order valence-electron chi connectivity index (χ3n) is 5.40. The molecular formula is C21H23BrN8O3. The Hall–Kier alpha value is -3.64. The van der Waals surface area contributed by atoms with E-state index in [1.54, 1.807) is 22.8 Å². The predicted molar refractivity (Wildman–Crippen MR) is 127 cm³/mol. The second kappa shape index (κ2) is 9.08. The Morgan fingerprint density at radius 3 is 2.79 bits per heavy atom. The number of hydrazone groups is 1. The number of pyridine rings is 1. The van der Waals surface area contributed by atoms with E-state index in [9.17, 15) is 9.59 Å². The van der Waals surface area contributed by atoms with Crippen LogP contribution in [0.25, 0.3) is 5.52 Å². The lowest BCUT2D eigenvalue weighted by atomic mass is 10.1. The van der Waals surface area contributed by atoms with Gasteiger partial charge in [-0.2, -0.15) is 5.10 Å². The molecule has 0 unspecified atom stereocenters. The number of benzene rings is 1. The molecule has 2 aromatic heterocycles. The molecule has 0 radical (unpaired) electrons. The number of aryl methyl sites for hydroxylation is 1. The number of rotatable bonds is 5. The van der Waals surface area contributed by atoms with Crippen molar-refractivity contribution in [2.24, 2.45) is 16.7 Å². The molecule has 172 valence electrons. The summed E-state index contributed by atoms with van der Waals surface area (Å²) in [6.45, 7) is 2.67. The number of likely N-dealkylation sites (tertiary alicyclic amines) is 1. The van der Waals surface area contributed by atoms with Crippen LogP contribution >= 0.6 is 15.9 Å². The van der Waals surface area contributed by atoms with Gasteiger partial charge in [-0.25, -0.2) is 20.3 Å². The van der Waals surface area contributed by atoms with E-state index in [0.717, 1.165) is 10.0 Å². The normalized spacial score (nSPS) is 14.2. The standard InChI is InChI=1S/C21H23BrN8O3/c1-12-3-4-13(19(23)27-30(24)15-10-28(11-15)21(32)33-2)7-17(12)26-20(31)16-9-25-29-6-5-14(22)8-18(16)29/h3-9,15H,10-11,24H2,1-2H3,(H2,23,27)(H,26,31). The number of hydrogen-bond acceptors (Lipinski definition) is 7. The van der Waals surface area contributed by atoms with Crippen LogP contribution in [-0.4, -0.2) is 63.7 Å². The van der Waals surface area contributed by atoms with Crippen LogP contribution in [0.3, 0.4) is 0 Å². The highest BCUT2D eigenvalue weighted by atomic mass is 79.9. The molecule has 0 bridgehead atoms. The van der Waals surface area contributed by atoms with Gasteiger partial charge in [0.25, 0.3) is 5.91 Å². The Labute approximate surface area is 198 Å². The number of carbonyl (C=O) groups excluding carboxylic acids is 2. The van der Waals surface area contributed by atoms with Crippen molar-refractivity contribution in [3.8, 4) is 0 Å². The number of carbonyl (C=O) groups is 2. The number of ether oxygens (including phenoxy) is 1. The summed E-state index contributed by atoms with van der Waals surface area (Å²) in [7, 11) is 1.33. The maximum absolute atomic E-state index is 12.9. The molecule has 2 amide bonds. The van der Waals surface area contributed by atoms with E-state index in [2.05, 4.69) is 36.2 Å². The van der Waals surface area contributed by atoms with Crippen LogP contribution in [0.1, 0.15) is 21.5 Å². The highest BCUT2D eigenvalue weighted by Crippen LogP contribution is 2.21. The summed E-state index contributed by atoms with van der Waals surface area (Å²) in [5.41, 5.74) is 9.32. The van der Waals surface area contributed by atoms with Crippen molar-refractivity contribution in [3.63, 3.8) is 0 Å². The van der Waals surface area contributed by atoms with Gasteiger partial charge in [-0.05, 0) is 30.7 Å². The lowest BCUT2D eigenvalue weighted by Gasteiger charge is -2.40. The quantitative estimate of drug-likeness (QED) is 0.204. The zero-order valence-corrected chi connectivity index (χ0v) is 19.6. The van der Waals surface area contributed by atoms with E-state index in [1.807, 2.05) is 25.1 Å². The van der Waals surface area contributed by atoms with Crippen molar-refractivity contribution >= 4 is 45.0 Å². The van der Waals surface area contributed by atoms with Crippen molar-refractivity contribution in [3.05, 3.63) is 63.9 Å². The minimum absolute atomic E-state index is 0.165. The Kier molecular flexibility index (Phi) is 6.20. The highest BCUT2D eigenvalue weighted by molar-refractivity contribution is 9.10. The molecule has 0 spiro atoms. The zero-order chi connectivity index (χ0) is 23.7. The molecule has 0 atom stereocenters. The fourth-order valence-electron chi connectivity index (χ4n) is 3.40. The molecule has 33 heavy (non-hydrogen) atoms. The summed E-state index contributed by atoms with van der Waals surface area (Å²) in [5, 5.41) is 12.6. The molecule has 12 heteroatoms. The van der Waals surface area contributed by atoms with Gasteiger partial charge in [0.1, 0.15) is 0 Å². The van der Waals surface area contributed by atoms with Gasteiger partial charge in [-0.3, -0.25) is 4.79 Å². The van der Waals surface area contributed by atoms with Crippen molar-refractivity contribution < 1.29 is 14.3 Å². The van der Waals surface area contributed by atoms with Crippen LogP contribution < -0.4 is 16.9 Å². The topological polar surface area (TPSA) is 144 Å². The number of methoxy groups -OCH3 is 1. The Morgan fingerprint density at radius 1 is 1.30 bits per heavy atom. The first kappa shape index (κ1) is 22.6. The average Bonchev–Trinajstić information content (AvgIpc) is 3.17. The average molecular weight is 515 g/mol. The van der Waals surface area contributed by atoms with Crippen molar-refractivity contribution in [2.75, 3.05) is 25.5 Å². The summed E-state index contributed by atoms with van der Waals surface area (Å²) in [6.07, 6.45) is 2.88. The molecule has 5 N–H and O–H groups in total. The number of halogens is 1. The Balaban J connectivity index is 1.49. The summed E-state index contributed by atoms with van der Waals surface area (Å²) in [4.78, 5) is 25.9. The third kappa shape index (κ3) is 4.61. The van der Waals surface area contributed by atoms with Crippen LogP contribution in [0.4, 0.5) is 10.5 Å². The molecular weight excluding hydrogens is 492 g/mol. The first-order valence-electron chi connectivity index (χ1n) is 10.0. The Morgan fingerprint density at radius 2 is 2.06 bits per heavy atom. The zero-order valence-electron chi connectivity index (χ0n) is 18.0. The fraction of sp³-hybridized carbons (Fsp3) is 0.238. The number of amides is 2. The second-order valence-corrected chi connectivity index (χ2v) is 8.53. The molecule has 1 saturated heterocycles. The highest BCUT2D eigenvalue weighted by Gasteiger charge is 2.34. The molecule has 1 aromatic carbocycles. The summed E-state index contributed by atoms with van der Waals surface area (Å²) in [5.74, 6) is 5.89. The SMILES string of the molecule is COC(=O)N1CC(N(N)/N=C(\N)c2ccc(C)c(NC(=O)c3cnn4ccc(Br)cc34)c2)C1. The minimum atomic E-state index is -0.408. The number of anilines is 1. The van der Waals surface area contributed by atoms with E-state index in [0.29, 0.717) is 35.4 Å². The number of hydrazine groups is 1. The first-order valence-corrected chi connectivity index (χ1v) is 10.8. The van der Waals surface area contributed by atoms with Gasteiger partial charge in [-0.15, -0.1) is 5.10 Å². The Bertz CT molecular complexity index is 1250. The van der Waals surface area contributed by atoms with E-state index in [4.69, 9.17) is 11.6 Å². The van der Waals surface area contributed by atoms with Crippen molar-refractivity contribution in [2.45, 2.75) is 13.0 Å².